The number of aromatic nitrogens is 4. The Labute approximate surface area is 162 Å². The first-order valence-corrected chi connectivity index (χ1v) is 9.72. The van der Waals surface area contributed by atoms with Crippen LogP contribution in [0.2, 0.25) is 0 Å². The van der Waals surface area contributed by atoms with Crippen LogP contribution in [0, 0.1) is 0 Å². The molecule has 2 aromatic carbocycles. The van der Waals surface area contributed by atoms with Gasteiger partial charge < -0.3 is 11.1 Å². The van der Waals surface area contributed by atoms with E-state index in [1.165, 1.54) is 11.8 Å². The zero-order chi connectivity index (χ0) is 19.1. The summed E-state index contributed by atoms with van der Waals surface area (Å²) in [5.41, 5.74) is 7.28. The first kappa shape index (κ1) is 19.1. The number of hydrogen-bond acceptors (Lipinski definition) is 6. The Morgan fingerprint density at radius 1 is 1.19 bits per heavy atom. The zero-order valence-electron chi connectivity index (χ0n) is 15.1. The Balaban J connectivity index is 1.69. The lowest BCUT2D eigenvalue weighted by molar-refractivity contribution is 0.0950. The van der Waals surface area contributed by atoms with Gasteiger partial charge >= 0.3 is 0 Å². The molecule has 1 heterocycles. The highest BCUT2D eigenvalue weighted by molar-refractivity contribution is 7.98. The van der Waals surface area contributed by atoms with E-state index in [-0.39, 0.29) is 11.9 Å². The molecule has 0 radical (unpaired) electrons. The van der Waals surface area contributed by atoms with Gasteiger partial charge in [0.1, 0.15) is 0 Å². The van der Waals surface area contributed by atoms with E-state index in [0.717, 1.165) is 22.8 Å². The largest absolute Gasteiger partial charge is 0.352 e. The van der Waals surface area contributed by atoms with Gasteiger partial charge in [0.25, 0.3) is 5.91 Å². The minimum Gasteiger partial charge on any atom is -0.352 e. The van der Waals surface area contributed by atoms with E-state index in [9.17, 15) is 4.79 Å². The Morgan fingerprint density at radius 3 is 2.70 bits per heavy atom. The predicted molar refractivity (Wildman–Crippen MR) is 106 cm³/mol. The predicted octanol–water partition coefficient (Wildman–Crippen LogP) is 2.42. The molecule has 0 saturated heterocycles. The third kappa shape index (κ3) is 5.15. The molecule has 140 valence electrons. The third-order valence-electron chi connectivity index (χ3n) is 3.91. The van der Waals surface area contributed by atoms with E-state index >= 15 is 0 Å². The molecule has 1 atom stereocenters. The molecule has 0 saturated carbocycles. The number of para-hydroxylation sites is 1. The number of carbonyl (C=O) groups excluding carboxylic acids is 1. The zero-order valence-corrected chi connectivity index (χ0v) is 15.9. The standard InChI is InChI=1S/C19H22N6OS/c1-14(20)11-12-21-19(26)16-9-5-6-10-17(16)27-13-18-22-23-24-25(18)15-7-3-2-4-8-15/h2-10,14H,11-13,20H2,1H3,(H,21,26). The fourth-order valence-corrected chi connectivity index (χ4v) is 3.45. The molecule has 3 N–H and O–H groups in total. The van der Waals surface area contributed by atoms with Crippen LogP contribution in [0.3, 0.4) is 0 Å². The van der Waals surface area contributed by atoms with Gasteiger partial charge in [-0.3, -0.25) is 4.79 Å². The molecule has 1 aromatic heterocycles. The Bertz CT molecular complexity index is 881. The summed E-state index contributed by atoms with van der Waals surface area (Å²) in [7, 11) is 0. The molecule has 0 aliphatic carbocycles. The summed E-state index contributed by atoms with van der Waals surface area (Å²) < 4.78 is 1.71. The van der Waals surface area contributed by atoms with E-state index in [0.29, 0.717) is 17.9 Å². The second-order valence-electron chi connectivity index (χ2n) is 6.15. The molecule has 27 heavy (non-hydrogen) atoms. The van der Waals surface area contributed by atoms with Gasteiger partial charge in [0.15, 0.2) is 5.82 Å². The number of rotatable bonds is 8. The van der Waals surface area contributed by atoms with Crippen LogP contribution in [-0.4, -0.2) is 38.7 Å². The van der Waals surface area contributed by atoms with Crippen molar-refractivity contribution in [3.63, 3.8) is 0 Å². The molecule has 0 fully saturated rings. The van der Waals surface area contributed by atoms with Gasteiger partial charge in [-0.2, -0.15) is 4.68 Å². The van der Waals surface area contributed by atoms with Crippen LogP contribution in [-0.2, 0) is 5.75 Å². The normalized spacial score (nSPS) is 11.9. The second kappa shape index (κ2) is 9.29. The van der Waals surface area contributed by atoms with Gasteiger partial charge in [-0.25, -0.2) is 0 Å². The van der Waals surface area contributed by atoms with E-state index in [2.05, 4.69) is 20.8 Å². The minimum atomic E-state index is -0.0959. The molecular weight excluding hydrogens is 360 g/mol. The van der Waals surface area contributed by atoms with Crippen molar-refractivity contribution in [2.24, 2.45) is 5.73 Å². The van der Waals surface area contributed by atoms with Crippen molar-refractivity contribution in [2.75, 3.05) is 6.54 Å². The van der Waals surface area contributed by atoms with E-state index in [1.807, 2.05) is 61.5 Å². The molecule has 3 rings (SSSR count). The minimum absolute atomic E-state index is 0.0618. The van der Waals surface area contributed by atoms with Crippen LogP contribution in [0.4, 0.5) is 0 Å². The van der Waals surface area contributed by atoms with Crippen molar-refractivity contribution in [2.45, 2.75) is 30.0 Å². The molecule has 1 unspecified atom stereocenters. The van der Waals surface area contributed by atoms with E-state index in [4.69, 9.17) is 5.73 Å². The van der Waals surface area contributed by atoms with Crippen LogP contribution in [0.25, 0.3) is 5.69 Å². The fourth-order valence-electron chi connectivity index (χ4n) is 2.50. The quantitative estimate of drug-likeness (QED) is 0.581. The maximum Gasteiger partial charge on any atom is 0.252 e. The average Bonchev–Trinajstić information content (AvgIpc) is 3.15. The number of carbonyl (C=O) groups is 1. The maximum atomic E-state index is 12.5. The van der Waals surface area contributed by atoms with Crippen LogP contribution in [0.15, 0.2) is 59.5 Å². The summed E-state index contributed by atoms with van der Waals surface area (Å²) in [6.45, 7) is 2.48. The Kier molecular flexibility index (Phi) is 6.56. The van der Waals surface area contributed by atoms with Crippen molar-refractivity contribution in [1.82, 2.24) is 25.5 Å². The molecule has 3 aromatic rings. The van der Waals surface area contributed by atoms with Crippen LogP contribution < -0.4 is 11.1 Å². The van der Waals surface area contributed by atoms with Gasteiger partial charge in [0.2, 0.25) is 0 Å². The maximum absolute atomic E-state index is 12.5. The molecule has 7 nitrogen and oxygen atoms in total. The monoisotopic (exact) mass is 382 g/mol. The summed E-state index contributed by atoms with van der Waals surface area (Å²) in [5.74, 6) is 1.17. The van der Waals surface area contributed by atoms with E-state index < -0.39 is 0 Å². The van der Waals surface area contributed by atoms with E-state index in [1.54, 1.807) is 4.68 Å². The number of tetrazole rings is 1. The average molecular weight is 382 g/mol. The van der Waals surface area contributed by atoms with Crippen molar-refractivity contribution in [3.8, 4) is 5.69 Å². The molecular formula is C19H22N6OS. The SMILES string of the molecule is CC(N)CCNC(=O)c1ccccc1SCc1nnnn1-c1ccccc1. The van der Waals surface area contributed by atoms with Gasteiger partial charge in [-0.1, -0.05) is 30.3 Å². The highest BCUT2D eigenvalue weighted by atomic mass is 32.2. The first-order valence-electron chi connectivity index (χ1n) is 8.73. The Morgan fingerprint density at radius 2 is 1.93 bits per heavy atom. The Hall–Kier alpha value is -2.71. The number of hydrogen-bond donors (Lipinski definition) is 2. The molecule has 0 spiro atoms. The van der Waals surface area contributed by atoms with Crippen LogP contribution in [0.1, 0.15) is 29.5 Å². The summed E-state index contributed by atoms with van der Waals surface area (Å²) >= 11 is 1.53. The van der Waals surface area contributed by atoms with Gasteiger partial charge in [0.05, 0.1) is 17.0 Å². The van der Waals surface area contributed by atoms with Crippen LogP contribution in [0.5, 0.6) is 0 Å². The first-order chi connectivity index (χ1) is 13.1. The second-order valence-corrected chi connectivity index (χ2v) is 7.17. The van der Waals surface area contributed by atoms with Gasteiger partial charge in [-0.05, 0) is 48.0 Å². The van der Waals surface area contributed by atoms with Crippen molar-refractivity contribution < 1.29 is 4.79 Å². The van der Waals surface area contributed by atoms with Crippen molar-refractivity contribution >= 4 is 17.7 Å². The lowest BCUT2D eigenvalue weighted by Gasteiger charge is -2.11. The van der Waals surface area contributed by atoms with Gasteiger partial charge in [0, 0.05) is 17.5 Å². The van der Waals surface area contributed by atoms with Crippen molar-refractivity contribution in [1.29, 1.82) is 0 Å². The number of amides is 1. The molecule has 8 heteroatoms. The molecule has 1 amide bonds. The van der Waals surface area contributed by atoms with Gasteiger partial charge in [-0.15, -0.1) is 16.9 Å². The summed E-state index contributed by atoms with van der Waals surface area (Å²) in [4.78, 5) is 13.4. The lowest BCUT2D eigenvalue weighted by Crippen LogP contribution is -2.29. The summed E-state index contributed by atoms with van der Waals surface area (Å²) in [5, 5.41) is 14.9. The third-order valence-corrected chi connectivity index (χ3v) is 4.98. The highest BCUT2D eigenvalue weighted by Gasteiger charge is 2.14. The lowest BCUT2D eigenvalue weighted by atomic mass is 10.2. The molecule has 0 bridgehead atoms. The van der Waals surface area contributed by atoms with Crippen molar-refractivity contribution in [3.05, 3.63) is 66.0 Å². The molecule has 0 aliphatic heterocycles. The molecule has 0 aliphatic rings. The van der Waals surface area contributed by atoms with Crippen LogP contribution >= 0.6 is 11.8 Å². The number of nitrogens with two attached hydrogens (primary N) is 1. The number of nitrogens with one attached hydrogen (secondary N) is 1. The smallest absolute Gasteiger partial charge is 0.252 e. The fraction of sp³-hybridized carbons (Fsp3) is 0.263. The topological polar surface area (TPSA) is 98.7 Å². The number of thioether (sulfide) groups is 1. The summed E-state index contributed by atoms with van der Waals surface area (Å²) in [6, 6.07) is 17.3. The summed E-state index contributed by atoms with van der Waals surface area (Å²) in [6.07, 6.45) is 0.743. The number of benzene rings is 2. The highest BCUT2D eigenvalue weighted by Crippen LogP contribution is 2.26. The number of nitrogens with zero attached hydrogens (tertiary/aromatic N) is 4.